The maximum Gasteiger partial charge on any atom is 0.265 e. The maximum atomic E-state index is 12.3. The first-order valence-electron chi connectivity index (χ1n) is 5.85. The summed E-state index contributed by atoms with van der Waals surface area (Å²) in [6, 6.07) is 8.09. The Morgan fingerprint density at radius 1 is 1.37 bits per heavy atom. The summed E-state index contributed by atoms with van der Waals surface area (Å²) in [6.45, 7) is 0.594. The smallest absolute Gasteiger partial charge is 0.265 e. The highest BCUT2D eigenvalue weighted by Crippen LogP contribution is 2.15. The van der Waals surface area contributed by atoms with E-state index in [9.17, 15) is 13.2 Å². The molecule has 1 N–H and O–H groups in total. The van der Waals surface area contributed by atoms with E-state index >= 15 is 0 Å². The summed E-state index contributed by atoms with van der Waals surface area (Å²) in [5, 5.41) is 3.01. The Kier molecular flexibility index (Phi) is 4.14. The monoisotopic (exact) mass is 281 g/mol. The minimum absolute atomic E-state index is 0.352. The molecule has 2 atom stereocenters. The van der Waals surface area contributed by atoms with Gasteiger partial charge in [-0.2, -0.15) is 8.42 Å². The van der Waals surface area contributed by atoms with E-state index in [1.165, 1.54) is 0 Å². The third-order valence-electron chi connectivity index (χ3n) is 2.74. The Bertz CT molecular complexity index is 580. The molecule has 0 aliphatic carbocycles. The molecule has 1 aliphatic heterocycles. The lowest BCUT2D eigenvalue weighted by Crippen LogP contribution is -2.43. The Morgan fingerprint density at radius 2 is 2.05 bits per heavy atom. The lowest BCUT2D eigenvalue weighted by atomic mass is 10.0. The number of nitrogens with one attached hydrogen (secondary N) is 1. The van der Waals surface area contributed by atoms with Crippen molar-refractivity contribution in [1.29, 1.82) is 0 Å². The number of carbonyl (C=O) groups excluding carboxylic acids is 1. The van der Waals surface area contributed by atoms with Crippen molar-refractivity contribution >= 4 is 15.9 Å². The molecule has 5 nitrogen and oxygen atoms in total. The molecule has 0 amide bonds. The Hall–Kier alpha value is -1.50. The van der Waals surface area contributed by atoms with Crippen molar-refractivity contribution < 1.29 is 17.4 Å². The topological polar surface area (TPSA) is 72.5 Å². The second kappa shape index (κ2) is 5.64. The van der Waals surface area contributed by atoms with Crippen LogP contribution in [0.3, 0.4) is 0 Å². The van der Waals surface area contributed by atoms with Crippen LogP contribution in [0.25, 0.3) is 0 Å². The number of hydrogen-bond donors (Lipinski definition) is 1. The van der Waals surface area contributed by atoms with Crippen molar-refractivity contribution in [3.05, 3.63) is 48.0 Å². The van der Waals surface area contributed by atoms with Crippen molar-refractivity contribution in [2.45, 2.75) is 12.1 Å². The fraction of sp³-hybridized carbons (Fsp3) is 0.308. The summed E-state index contributed by atoms with van der Waals surface area (Å²) >= 11 is 0. The molecule has 0 saturated carbocycles. The number of rotatable bonds is 5. The van der Waals surface area contributed by atoms with E-state index in [2.05, 4.69) is 5.32 Å². The van der Waals surface area contributed by atoms with E-state index in [1.54, 1.807) is 36.4 Å². The van der Waals surface area contributed by atoms with Crippen LogP contribution >= 0.6 is 0 Å². The van der Waals surface area contributed by atoms with E-state index in [0.717, 1.165) is 6.26 Å². The van der Waals surface area contributed by atoms with Gasteiger partial charge in [0.25, 0.3) is 10.1 Å². The molecule has 0 saturated heterocycles. The van der Waals surface area contributed by atoms with Crippen LogP contribution in [0, 0.1) is 0 Å². The van der Waals surface area contributed by atoms with E-state index < -0.39 is 22.3 Å². The molecule has 2 rings (SSSR count). The van der Waals surface area contributed by atoms with Gasteiger partial charge in [0.05, 0.1) is 12.3 Å². The van der Waals surface area contributed by atoms with E-state index in [1.807, 2.05) is 6.08 Å². The molecule has 0 fully saturated rings. The minimum atomic E-state index is -3.71. The summed E-state index contributed by atoms with van der Waals surface area (Å²) in [7, 11) is -3.71. The second-order valence-corrected chi connectivity index (χ2v) is 5.91. The Balaban J connectivity index is 2.27. The summed E-state index contributed by atoms with van der Waals surface area (Å²) in [5.74, 6) is -0.352. The fourth-order valence-corrected chi connectivity index (χ4v) is 2.50. The molecular formula is C13H15NO4S. The van der Waals surface area contributed by atoms with Gasteiger partial charge in [-0.15, -0.1) is 0 Å². The summed E-state index contributed by atoms with van der Waals surface area (Å²) in [5.41, 5.74) is 0.429. The van der Waals surface area contributed by atoms with E-state index in [4.69, 9.17) is 4.18 Å². The lowest BCUT2D eigenvalue weighted by Gasteiger charge is -2.20. The standard InChI is InChI=1S/C13H15NO4S/c1-19(16,17)18-13(11-8-5-9-14-11)12(15)10-6-3-2-4-7-10/h2-8,11,13-14H,9H2,1H3. The van der Waals surface area contributed by atoms with E-state index in [0.29, 0.717) is 12.1 Å². The number of hydrogen-bond acceptors (Lipinski definition) is 5. The largest absolute Gasteiger partial charge is 0.304 e. The van der Waals surface area contributed by atoms with Gasteiger partial charge in [0.15, 0.2) is 11.9 Å². The second-order valence-electron chi connectivity index (χ2n) is 4.31. The highest BCUT2D eigenvalue weighted by Gasteiger charge is 2.32. The number of Topliss-reactive ketones (excluding diaryl/α,β-unsaturated/α-hetero) is 1. The predicted octanol–water partition coefficient (Wildman–Crippen LogP) is 0.742. The number of ketones is 1. The van der Waals surface area contributed by atoms with Crippen molar-refractivity contribution in [2.75, 3.05) is 12.8 Å². The minimum Gasteiger partial charge on any atom is -0.304 e. The zero-order valence-corrected chi connectivity index (χ0v) is 11.3. The SMILES string of the molecule is CS(=O)(=O)OC(C(=O)c1ccccc1)C1C=CCN1. The third kappa shape index (κ3) is 3.73. The zero-order valence-electron chi connectivity index (χ0n) is 10.4. The Labute approximate surface area is 112 Å². The first-order valence-corrected chi connectivity index (χ1v) is 7.66. The van der Waals surface area contributed by atoms with Crippen molar-refractivity contribution in [3.63, 3.8) is 0 Å². The van der Waals surface area contributed by atoms with Gasteiger partial charge in [0, 0.05) is 12.1 Å². The van der Waals surface area contributed by atoms with Crippen LogP contribution in [-0.4, -0.2) is 39.1 Å². The van der Waals surface area contributed by atoms with Gasteiger partial charge in [-0.1, -0.05) is 42.5 Å². The molecule has 1 aromatic rings. The molecule has 0 aromatic heterocycles. The maximum absolute atomic E-state index is 12.3. The van der Waals surface area contributed by atoms with Crippen LogP contribution in [0.4, 0.5) is 0 Å². The molecule has 0 bridgehead atoms. The first kappa shape index (κ1) is 13.9. The number of carbonyl (C=O) groups is 1. The van der Waals surface area contributed by atoms with Gasteiger partial charge in [-0.25, -0.2) is 0 Å². The van der Waals surface area contributed by atoms with Gasteiger partial charge >= 0.3 is 0 Å². The average Bonchev–Trinajstić information content (AvgIpc) is 2.89. The molecule has 2 unspecified atom stereocenters. The third-order valence-corrected chi connectivity index (χ3v) is 3.29. The van der Waals surface area contributed by atoms with Gasteiger partial charge in [-0.3, -0.25) is 8.98 Å². The molecule has 0 spiro atoms. The quantitative estimate of drug-likeness (QED) is 0.489. The van der Waals surface area contributed by atoms with Crippen LogP contribution in [0.15, 0.2) is 42.5 Å². The lowest BCUT2D eigenvalue weighted by molar-refractivity contribution is 0.0771. The zero-order chi connectivity index (χ0) is 13.9. The summed E-state index contributed by atoms with van der Waals surface area (Å²) in [6.07, 6.45) is 3.45. The molecule has 1 aromatic carbocycles. The van der Waals surface area contributed by atoms with Gasteiger partial charge < -0.3 is 5.32 Å². The van der Waals surface area contributed by atoms with Crippen LogP contribution < -0.4 is 5.32 Å². The average molecular weight is 281 g/mol. The van der Waals surface area contributed by atoms with Crippen molar-refractivity contribution in [2.24, 2.45) is 0 Å². The molecule has 6 heteroatoms. The van der Waals surface area contributed by atoms with Crippen molar-refractivity contribution in [1.82, 2.24) is 5.32 Å². The van der Waals surface area contributed by atoms with Crippen LogP contribution in [0.2, 0.25) is 0 Å². The molecule has 1 aliphatic rings. The molecule has 0 radical (unpaired) electrons. The normalized spacial score (nSPS) is 20.4. The van der Waals surface area contributed by atoms with Crippen LogP contribution in [-0.2, 0) is 14.3 Å². The fourth-order valence-electron chi connectivity index (χ4n) is 1.92. The molecular weight excluding hydrogens is 266 g/mol. The van der Waals surface area contributed by atoms with Gasteiger partial charge in [0.2, 0.25) is 0 Å². The predicted molar refractivity (Wildman–Crippen MR) is 71.4 cm³/mol. The summed E-state index contributed by atoms with van der Waals surface area (Å²) < 4.78 is 27.6. The van der Waals surface area contributed by atoms with E-state index in [-0.39, 0.29) is 5.78 Å². The molecule has 19 heavy (non-hydrogen) atoms. The van der Waals surface area contributed by atoms with Gasteiger partial charge in [-0.05, 0) is 0 Å². The highest BCUT2D eigenvalue weighted by atomic mass is 32.2. The summed E-state index contributed by atoms with van der Waals surface area (Å²) in [4.78, 5) is 12.3. The van der Waals surface area contributed by atoms with Crippen molar-refractivity contribution in [3.8, 4) is 0 Å². The highest BCUT2D eigenvalue weighted by molar-refractivity contribution is 7.86. The van der Waals surface area contributed by atoms with Crippen LogP contribution in [0.5, 0.6) is 0 Å². The first-order chi connectivity index (χ1) is 8.97. The number of benzene rings is 1. The Morgan fingerprint density at radius 3 is 2.58 bits per heavy atom. The van der Waals surface area contributed by atoms with Gasteiger partial charge in [0.1, 0.15) is 0 Å². The van der Waals surface area contributed by atoms with Crippen LogP contribution in [0.1, 0.15) is 10.4 Å². The molecule has 1 heterocycles. The molecule has 102 valence electrons.